The molecule has 0 amide bonds. The molecule has 1 aromatic rings. The monoisotopic (exact) mass is 347 g/mol. The van der Waals surface area contributed by atoms with Gasteiger partial charge in [-0.15, -0.1) is 0 Å². The van der Waals surface area contributed by atoms with E-state index in [9.17, 15) is 14.0 Å². The Balaban J connectivity index is 2.55. The fourth-order valence-corrected chi connectivity index (χ4v) is 1.77. The maximum Gasteiger partial charge on any atom is 0.344 e. The van der Waals surface area contributed by atoms with Gasteiger partial charge in [0.15, 0.2) is 6.61 Å². The van der Waals surface area contributed by atoms with Gasteiger partial charge >= 0.3 is 11.9 Å². The zero-order valence-electron chi connectivity index (χ0n) is 10.9. The number of hydrogen-bond donors (Lipinski definition) is 1. The van der Waals surface area contributed by atoms with Crippen molar-refractivity contribution >= 4 is 33.6 Å². The zero-order valence-corrected chi connectivity index (χ0v) is 12.5. The molecule has 0 bridgehead atoms. The smallest absolute Gasteiger partial charge is 0.344 e. The number of carbonyl (C=O) groups is 2. The van der Waals surface area contributed by atoms with Crippen molar-refractivity contribution < 1.29 is 23.5 Å². The normalized spacial score (nSPS) is 10.2. The van der Waals surface area contributed by atoms with Crippen LogP contribution in [0, 0.1) is 5.82 Å². The van der Waals surface area contributed by atoms with Crippen molar-refractivity contribution in [2.24, 2.45) is 0 Å². The molecule has 0 saturated carbocycles. The van der Waals surface area contributed by atoms with Crippen LogP contribution >= 0.6 is 15.9 Å². The van der Waals surface area contributed by atoms with Gasteiger partial charge in [-0.1, -0.05) is 13.3 Å². The van der Waals surface area contributed by atoms with E-state index >= 15 is 0 Å². The van der Waals surface area contributed by atoms with Crippen LogP contribution < -0.4 is 5.73 Å². The highest BCUT2D eigenvalue weighted by Gasteiger charge is 2.16. The lowest BCUT2D eigenvalue weighted by atomic mass is 10.2. The van der Waals surface area contributed by atoms with Crippen molar-refractivity contribution in [2.75, 3.05) is 18.9 Å². The number of carbonyl (C=O) groups excluding carboxylic acids is 2. The number of rotatable bonds is 6. The highest BCUT2D eigenvalue weighted by Crippen LogP contribution is 2.23. The number of hydrogen-bond acceptors (Lipinski definition) is 5. The molecule has 5 nitrogen and oxygen atoms in total. The van der Waals surface area contributed by atoms with Crippen LogP contribution in [-0.2, 0) is 14.3 Å². The number of benzene rings is 1. The minimum atomic E-state index is -0.781. The zero-order chi connectivity index (χ0) is 15.1. The second kappa shape index (κ2) is 7.84. The van der Waals surface area contributed by atoms with Crippen LogP contribution in [0.1, 0.15) is 30.1 Å². The van der Waals surface area contributed by atoms with Crippen LogP contribution in [0.3, 0.4) is 0 Å². The first-order valence-corrected chi connectivity index (χ1v) is 6.82. The molecule has 0 aromatic heterocycles. The van der Waals surface area contributed by atoms with E-state index in [2.05, 4.69) is 15.9 Å². The van der Waals surface area contributed by atoms with E-state index in [-0.39, 0.29) is 15.7 Å². The second-order valence-electron chi connectivity index (χ2n) is 4.00. The minimum absolute atomic E-state index is 0.0465. The molecule has 0 aliphatic rings. The molecule has 0 radical (unpaired) electrons. The van der Waals surface area contributed by atoms with E-state index in [1.807, 2.05) is 6.92 Å². The van der Waals surface area contributed by atoms with Crippen LogP contribution in [0.4, 0.5) is 10.1 Å². The lowest BCUT2D eigenvalue weighted by Gasteiger charge is -2.08. The molecule has 2 N–H and O–H groups in total. The number of ether oxygens (including phenoxy) is 2. The molecule has 0 unspecified atom stereocenters. The van der Waals surface area contributed by atoms with E-state index in [0.717, 1.165) is 25.0 Å². The SMILES string of the molecule is CCCCOC(=O)COC(=O)c1cc(N)c(F)cc1Br. The Hall–Kier alpha value is -1.63. The summed E-state index contributed by atoms with van der Waals surface area (Å²) in [5.41, 5.74) is 5.24. The molecule has 1 rings (SSSR count). The number of anilines is 1. The van der Waals surface area contributed by atoms with Crippen molar-refractivity contribution in [1.29, 1.82) is 0 Å². The summed E-state index contributed by atoms with van der Waals surface area (Å²) < 4.78 is 22.9. The molecule has 0 aliphatic carbocycles. The third-order valence-electron chi connectivity index (χ3n) is 2.39. The summed E-state index contributed by atoms with van der Waals surface area (Å²) in [5, 5.41) is 0. The van der Waals surface area contributed by atoms with Crippen molar-refractivity contribution in [3.63, 3.8) is 0 Å². The van der Waals surface area contributed by atoms with Crippen LogP contribution in [0.15, 0.2) is 16.6 Å². The summed E-state index contributed by atoms with van der Waals surface area (Å²) in [5.74, 6) is -2.05. The summed E-state index contributed by atoms with van der Waals surface area (Å²) in [6.07, 6.45) is 1.65. The number of nitrogens with two attached hydrogens (primary N) is 1. The molecular weight excluding hydrogens is 333 g/mol. The fraction of sp³-hybridized carbons (Fsp3) is 0.385. The van der Waals surface area contributed by atoms with Crippen molar-refractivity contribution in [1.82, 2.24) is 0 Å². The van der Waals surface area contributed by atoms with Crippen molar-refractivity contribution in [2.45, 2.75) is 19.8 Å². The first kappa shape index (κ1) is 16.4. The molecular formula is C13H15BrFNO4. The molecule has 0 fully saturated rings. The van der Waals surface area contributed by atoms with Gasteiger partial charge < -0.3 is 15.2 Å². The predicted molar refractivity (Wildman–Crippen MR) is 74.7 cm³/mol. The highest BCUT2D eigenvalue weighted by atomic mass is 79.9. The number of unbranched alkanes of at least 4 members (excludes halogenated alkanes) is 1. The molecule has 0 atom stereocenters. The van der Waals surface area contributed by atoms with E-state index in [0.29, 0.717) is 6.61 Å². The predicted octanol–water partition coefficient (Wildman–Crippen LogP) is 2.67. The molecule has 0 heterocycles. The Morgan fingerprint density at radius 1 is 1.35 bits per heavy atom. The van der Waals surface area contributed by atoms with Gasteiger partial charge in [0.05, 0.1) is 17.9 Å². The first-order valence-electron chi connectivity index (χ1n) is 6.03. The van der Waals surface area contributed by atoms with Gasteiger partial charge in [0.1, 0.15) is 5.82 Å². The highest BCUT2D eigenvalue weighted by molar-refractivity contribution is 9.10. The van der Waals surface area contributed by atoms with Gasteiger partial charge in [0, 0.05) is 4.47 Å². The maximum atomic E-state index is 13.1. The van der Waals surface area contributed by atoms with Gasteiger partial charge in [-0.3, -0.25) is 0 Å². The van der Waals surface area contributed by atoms with Crippen molar-refractivity contribution in [3.05, 3.63) is 28.0 Å². The molecule has 20 heavy (non-hydrogen) atoms. The lowest BCUT2D eigenvalue weighted by Crippen LogP contribution is -2.17. The average molecular weight is 348 g/mol. The van der Waals surface area contributed by atoms with E-state index < -0.39 is 24.4 Å². The van der Waals surface area contributed by atoms with Crippen LogP contribution in [0.5, 0.6) is 0 Å². The summed E-state index contributed by atoms with van der Waals surface area (Å²) in [6, 6.07) is 2.20. The van der Waals surface area contributed by atoms with E-state index in [1.165, 1.54) is 0 Å². The largest absolute Gasteiger partial charge is 0.463 e. The molecule has 0 aliphatic heterocycles. The molecule has 1 aromatic carbocycles. The standard InChI is InChI=1S/C13H15BrFNO4/c1-2-3-4-19-12(17)7-20-13(18)8-5-11(16)10(15)6-9(8)14/h5-6H,2-4,7,16H2,1H3. The van der Waals surface area contributed by atoms with Crippen LogP contribution in [0.25, 0.3) is 0 Å². The van der Waals surface area contributed by atoms with Gasteiger partial charge in [-0.05, 0) is 34.5 Å². The summed E-state index contributed by atoms with van der Waals surface area (Å²) >= 11 is 3.03. The summed E-state index contributed by atoms with van der Waals surface area (Å²) in [6.45, 7) is 1.76. The summed E-state index contributed by atoms with van der Waals surface area (Å²) in [4.78, 5) is 23.0. The fourth-order valence-electron chi connectivity index (χ4n) is 1.30. The minimum Gasteiger partial charge on any atom is -0.463 e. The van der Waals surface area contributed by atoms with Gasteiger partial charge in [-0.25, -0.2) is 14.0 Å². The van der Waals surface area contributed by atoms with Gasteiger partial charge in [0.25, 0.3) is 0 Å². The molecule has 0 saturated heterocycles. The van der Waals surface area contributed by atoms with Crippen LogP contribution in [-0.4, -0.2) is 25.2 Å². The first-order chi connectivity index (χ1) is 9.45. The van der Waals surface area contributed by atoms with E-state index in [1.54, 1.807) is 0 Å². The average Bonchev–Trinajstić information content (AvgIpc) is 2.40. The Morgan fingerprint density at radius 2 is 2.05 bits per heavy atom. The third kappa shape index (κ3) is 4.80. The Labute approximate surface area is 124 Å². The lowest BCUT2D eigenvalue weighted by molar-refractivity contribution is -0.147. The van der Waals surface area contributed by atoms with Gasteiger partial charge in [0.2, 0.25) is 0 Å². The molecule has 7 heteroatoms. The summed E-state index contributed by atoms with van der Waals surface area (Å²) in [7, 11) is 0. The van der Waals surface area contributed by atoms with Gasteiger partial charge in [-0.2, -0.15) is 0 Å². The Morgan fingerprint density at radius 3 is 2.70 bits per heavy atom. The van der Waals surface area contributed by atoms with E-state index in [4.69, 9.17) is 15.2 Å². The molecule has 0 spiro atoms. The Kier molecular flexibility index (Phi) is 6.44. The topological polar surface area (TPSA) is 78.6 Å². The number of nitrogen functional groups attached to an aromatic ring is 1. The third-order valence-corrected chi connectivity index (χ3v) is 3.04. The Bertz CT molecular complexity index is 507. The number of esters is 2. The quantitative estimate of drug-likeness (QED) is 0.486. The van der Waals surface area contributed by atoms with Crippen LogP contribution in [0.2, 0.25) is 0 Å². The second-order valence-corrected chi connectivity index (χ2v) is 4.86. The maximum absolute atomic E-state index is 13.1. The number of halogens is 2. The molecule has 110 valence electrons. The van der Waals surface area contributed by atoms with Crippen molar-refractivity contribution in [3.8, 4) is 0 Å².